The van der Waals surface area contributed by atoms with E-state index in [1.165, 1.54) is 7.11 Å². The number of benzene rings is 1. The van der Waals surface area contributed by atoms with Gasteiger partial charge in [0.2, 0.25) is 0 Å². The molecule has 80 valence electrons. The number of hydrogen-bond acceptors (Lipinski definition) is 3. The number of aromatic nitrogens is 1. The topological polar surface area (TPSA) is 55.0 Å². The summed E-state index contributed by atoms with van der Waals surface area (Å²) >= 11 is 0. The van der Waals surface area contributed by atoms with E-state index in [1.807, 2.05) is 12.1 Å². The van der Waals surface area contributed by atoms with Gasteiger partial charge in [-0.25, -0.2) is 4.79 Å². The Kier molecular flexibility index (Phi) is 2.61. The fourth-order valence-electron chi connectivity index (χ4n) is 1.74. The normalized spacial score (nSPS) is 10.0. The van der Waals surface area contributed by atoms with Crippen LogP contribution < -0.4 is 0 Å². The van der Waals surface area contributed by atoms with Crippen molar-refractivity contribution in [3.8, 4) is 6.07 Å². The third kappa shape index (κ3) is 1.52. The van der Waals surface area contributed by atoms with Crippen molar-refractivity contribution in [1.82, 2.24) is 4.57 Å². The van der Waals surface area contributed by atoms with Gasteiger partial charge in [-0.3, -0.25) is 0 Å². The van der Waals surface area contributed by atoms with Crippen LogP contribution >= 0.6 is 0 Å². The molecule has 0 bridgehead atoms. The van der Waals surface area contributed by atoms with Crippen LogP contribution in [0.15, 0.2) is 30.5 Å². The number of nitrogens with zero attached hydrogens (tertiary/aromatic N) is 2. The van der Waals surface area contributed by atoms with Gasteiger partial charge in [0, 0.05) is 11.6 Å². The minimum Gasteiger partial charge on any atom is -0.465 e. The van der Waals surface area contributed by atoms with Gasteiger partial charge in [-0.1, -0.05) is 12.1 Å². The van der Waals surface area contributed by atoms with Crippen molar-refractivity contribution >= 4 is 16.9 Å². The number of carbonyl (C=O) groups is 1. The average Bonchev–Trinajstić information content (AvgIpc) is 2.72. The van der Waals surface area contributed by atoms with Crippen LogP contribution in [-0.2, 0) is 11.3 Å². The van der Waals surface area contributed by atoms with Crippen molar-refractivity contribution < 1.29 is 9.53 Å². The van der Waals surface area contributed by atoms with Gasteiger partial charge in [-0.05, 0) is 12.1 Å². The van der Waals surface area contributed by atoms with Crippen LogP contribution in [-0.4, -0.2) is 17.6 Å². The summed E-state index contributed by atoms with van der Waals surface area (Å²) in [6.45, 7) is 0.220. The van der Waals surface area contributed by atoms with Gasteiger partial charge in [0.25, 0.3) is 0 Å². The lowest BCUT2D eigenvalue weighted by atomic mass is 10.1. The van der Waals surface area contributed by atoms with Gasteiger partial charge in [0.05, 0.1) is 24.3 Å². The zero-order valence-corrected chi connectivity index (χ0v) is 8.80. The molecule has 0 amide bonds. The molecule has 4 heteroatoms. The number of para-hydroxylation sites is 1. The Morgan fingerprint density at radius 3 is 3.00 bits per heavy atom. The summed E-state index contributed by atoms with van der Waals surface area (Å²) in [5.74, 6) is -0.386. The molecule has 0 N–H and O–H groups in total. The van der Waals surface area contributed by atoms with E-state index in [9.17, 15) is 4.79 Å². The van der Waals surface area contributed by atoms with Gasteiger partial charge >= 0.3 is 5.97 Å². The number of fused-ring (bicyclic) bond motifs is 1. The highest BCUT2D eigenvalue weighted by Crippen LogP contribution is 2.20. The van der Waals surface area contributed by atoms with Crippen LogP contribution in [0.4, 0.5) is 0 Å². The van der Waals surface area contributed by atoms with Crippen molar-refractivity contribution in [3.05, 3.63) is 36.0 Å². The number of rotatable bonds is 2. The quantitative estimate of drug-likeness (QED) is 0.718. The molecular formula is C12H10N2O2. The summed E-state index contributed by atoms with van der Waals surface area (Å²) < 4.78 is 6.45. The summed E-state index contributed by atoms with van der Waals surface area (Å²) in [5.41, 5.74) is 1.23. The van der Waals surface area contributed by atoms with Crippen molar-refractivity contribution in [2.45, 2.75) is 6.54 Å². The fraction of sp³-hybridized carbons (Fsp3) is 0.167. The van der Waals surface area contributed by atoms with Crippen LogP contribution in [0.2, 0.25) is 0 Å². The third-order valence-corrected chi connectivity index (χ3v) is 2.43. The van der Waals surface area contributed by atoms with Gasteiger partial charge < -0.3 is 9.30 Å². The maximum atomic E-state index is 11.6. The highest BCUT2D eigenvalue weighted by molar-refractivity contribution is 6.03. The molecule has 0 atom stereocenters. The number of carbonyl (C=O) groups excluding carboxylic acids is 1. The van der Waals surface area contributed by atoms with Gasteiger partial charge in [0.15, 0.2) is 0 Å². The number of ether oxygens (including phenoxy) is 1. The first-order chi connectivity index (χ1) is 7.77. The van der Waals surface area contributed by atoms with E-state index in [0.717, 1.165) is 10.9 Å². The zero-order chi connectivity index (χ0) is 11.5. The van der Waals surface area contributed by atoms with Crippen molar-refractivity contribution in [2.24, 2.45) is 0 Å². The van der Waals surface area contributed by atoms with E-state index in [-0.39, 0.29) is 12.5 Å². The zero-order valence-electron chi connectivity index (χ0n) is 8.80. The van der Waals surface area contributed by atoms with Crippen LogP contribution in [0.1, 0.15) is 10.4 Å². The Balaban J connectivity index is 2.69. The van der Waals surface area contributed by atoms with Gasteiger partial charge in [0.1, 0.15) is 6.54 Å². The summed E-state index contributed by atoms with van der Waals surface area (Å²) in [6.07, 6.45) is 1.79. The standard InChI is InChI=1S/C12H10N2O2/c1-16-12(15)10-4-2-3-9-5-7-14(8-6-13)11(9)10/h2-5,7H,8H2,1H3. The number of hydrogen-bond donors (Lipinski definition) is 0. The average molecular weight is 214 g/mol. The van der Waals surface area contributed by atoms with E-state index in [1.54, 1.807) is 22.9 Å². The first kappa shape index (κ1) is 10.2. The molecular weight excluding hydrogens is 204 g/mol. The van der Waals surface area contributed by atoms with Crippen molar-refractivity contribution in [1.29, 1.82) is 5.26 Å². The first-order valence-corrected chi connectivity index (χ1v) is 4.81. The van der Waals surface area contributed by atoms with Crippen LogP contribution in [0.25, 0.3) is 10.9 Å². The number of methoxy groups -OCH3 is 1. The lowest BCUT2D eigenvalue weighted by Crippen LogP contribution is -2.05. The molecule has 0 fully saturated rings. The van der Waals surface area contributed by atoms with Crippen molar-refractivity contribution in [2.75, 3.05) is 7.11 Å². The lowest BCUT2D eigenvalue weighted by molar-refractivity contribution is 0.0602. The second kappa shape index (κ2) is 4.07. The molecule has 0 saturated heterocycles. The maximum absolute atomic E-state index is 11.6. The second-order valence-corrected chi connectivity index (χ2v) is 3.34. The molecule has 1 aromatic heterocycles. The molecule has 0 radical (unpaired) electrons. The van der Waals surface area contributed by atoms with E-state index in [0.29, 0.717) is 5.56 Å². The van der Waals surface area contributed by atoms with Gasteiger partial charge in [-0.2, -0.15) is 5.26 Å². The second-order valence-electron chi connectivity index (χ2n) is 3.34. The number of nitriles is 1. The molecule has 16 heavy (non-hydrogen) atoms. The Hall–Kier alpha value is -2.28. The molecule has 0 spiro atoms. The summed E-state index contributed by atoms with van der Waals surface area (Å²) in [4.78, 5) is 11.6. The maximum Gasteiger partial charge on any atom is 0.340 e. The SMILES string of the molecule is COC(=O)c1cccc2ccn(CC#N)c12. The molecule has 0 unspecified atom stereocenters. The highest BCUT2D eigenvalue weighted by atomic mass is 16.5. The Labute approximate surface area is 92.7 Å². The summed E-state index contributed by atoms with van der Waals surface area (Å²) in [7, 11) is 1.35. The largest absolute Gasteiger partial charge is 0.465 e. The van der Waals surface area contributed by atoms with E-state index >= 15 is 0 Å². The predicted octanol–water partition coefficient (Wildman–Crippen LogP) is 1.95. The lowest BCUT2D eigenvalue weighted by Gasteiger charge is -2.05. The Bertz CT molecular complexity index is 578. The third-order valence-electron chi connectivity index (χ3n) is 2.43. The van der Waals surface area contributed by atoms with Gasteiger partial charge in [-0.15, -0.1) is 0 Å². The molecule has 0 aliphatic heterocycles. The molecule has 4 nitrogen and oxygen atoms in total. The van der Waals surface area contributed by atoms with Crippen LogP contribution in [0.5, 0.6) is 0 Å². The summed E-state index contributed by atoms with van der Waals surface area (Å²) in [5, 5.41) is 9.63. The monoisotopic (exact) mass is 214 g/mol. The number of esters is 1. The van der Waals surface area contributed by atoms with E-state index in [4.69, 9.17) is 10.00 Å². The van der Waals surface area contributed by atoms with E-state index in [2.05, 4.69) is 6.07 Å². The Morgan fingerprint density at radius 2 is 2.31 bits per heavy atom. The Morgan fingerprint density at radius 1 is 1.50 bits per heavy atom. The molecule has 0 saturated carbocycles. The minimum atomic E-state index is -0.386. The minimum absolute atomic E-state index is 0.220. The smallest absolute Gasteiger partial charge is 0.340 e. The van der Waals surface area contributed by atoms with Crippen molar-refractivity contribution in [3.63, 3.8) is 0 Å². The molecule has 0 aliphatic rings. The predicted molar refractivity (Wildman–Crippen MR) is 58.9 cm³/mol. The molecule has 1 aromatic carbocycles. The summed E-state index contributed by atoms with van der Waals surface area (Å²) in [6, 6.07) is 9.32. The molecule has 2 aromatic rings. The van der Waals surface area contributed by atoms with Crippen LogP contribution in [0.3, 0.4) is 0 Å². The van der Waals surface area contributed by atoms with Crippen LogP contribution in [0, 0.1) is 11.3 Å². The molecule has 1 heterocycles. The fourth-order valence-corrected chi connectivity index (χ4v) is 1.74. The molecule has 2 rings (SSSR count). The highest BCUT2D eigenvalue weighted by Gasteiger charge is 2.13. The molecule has 0 aliphatic carbocycles. The van der Waals surface area contributed by atoms with E-state index < -0.39 is 0 Å². The first-order valence-electron chi connectivity index (χ1n) is 4.81.